The van der Waals surface area contributed by atoms with Gasteiger partial charge in [-0.3, -0.25) is 24.4 Å². The number of fused-ring (bicyclic) bond motifs is 2. The lowest BCUT2D eigenvalue weighted by Crippen LogP contribution is -2.54. The third-order valence-electron chi connectivity index (χ3n) is 8.79. The van der Waals surface area contributed by atoms with Crippen LogP contribution < -0.4 is 20.1 Å². The molecule has 44 heavy (non-hydrogen) atoms. The number of rotatable bonds is 6. The van der Waals surface area contributed by atoms with E-state index < -0.39 is 56.7 Å². The maximum Gasteiger partial charge on any atom is 0.411 e. The molecule has 0 radical (unpaired) electrons. The van der Waals surface area contributed by atoms with Gasteiger partial charge >= 0.3 is 6.09 Å². The first-order valence-corrected chi connectivity index (χ1v) is 16.4. The van der Waals surface area contributed by atoms with Crippen molar-refractivity contribution in [3.8, 4) is 11.8 Å². The van der Waals surface area contributed by atoms with Crippen LogP contribution in [0.1, 0.15) is 56.9 Å². The highest BCUT2D eigenvalue weighted by molar-refractivity contribution is 7.91. The highest BCUT2D eigenvalue weighted by Gasteiger charge is 2.62. The molecule has 0 aromatic heterocycles. The Morgan fingerprint density at radius 2 is 1.89 bits per heavy atom. The normalized spacial score (nSPS) is 28.8. The summed E-state index contributed by atoms with van der Waals surface area (Å²) in [6.45, 7) is 0.495. The molecule has 5 rings (SSSR count). The number of nitriles is 1. The van der Waals surface area contributed by atoms with E-state index in [0.29, 0.717) is 31.6 Å². The molecule has 1 aromatic carbocycles. The highest BCUT2D eigenvalue weighted by Crippen LogP contribution is 2.47. The fraction of sp³-hybridized carbons (Fsp3) is 0.567. The second kappa shape index (κ2) is 12.5. The number of benzene rings is 1. The predicted octanol–water partition coefficient (Wildman–Crippen LogP) is 2.19. The maximum absolute atomic E-state index is 13.8. The molecule has 3 fully saturated rings. The van der Waals surface area contributed by atoms with Crippen LogP contribution >= 0.6 is 0 Å². The molecule has 1 heterocycles. The molecule has 1 aromatic rings. The first kappa shape index (κ1) is 31.3. The largest absolute Gasteiger partial charge is 0.497 e. The van der Waals surface area contributed by atoms with Gasteiger partial charge in [-0.05, 0) is 63.5 Å². The Hall–Kier alpha value is -4.12. The van der Waals surface area contributed by atoms with Gasteiger partial charge in [-0.15, -0.1) is 0 Å². The van der Waals surface area contributed by atoms with Crippen molar-refractivity contribution in [2.24, 2.45) is 17.8 Å². The number of methoxy groups -OCH3 is 1. The molecule has 1 aliphatic heterocycles. The van der Waals surface area contributed by atoms with Crippen LogP contribution in [0.2, 0.25) is 0 Å². The zero-order valence-corrected chi connectivity index (χ0v) is 25.5. The Bertz CT molecular complexity index is 1520. The average Bonchev–Trinajstić information content (AvgIpc) is 3.91. The van der Waals surface area contributed by atoms with Gasteiger partial charge in [0.2, 0.25) is 21.8 Å². The van der Waals surface area contributed by atoms with E-state index in [1.165, 1.54) is 25.3 Å². The van der Waals surface area contributed by atoms with Crippen LogP contribution in [-0.2, 0) is 29.1 Å². The van der Waals surface area contributed by atoms with Crippen molar-refractivity contribution >= 4 is 39.5 Å². The molecule has 0 saturated heterocycles. The van der Waals surface area contributed by atoms with E-state index in [4.69, 9.17) is 9.47 Å². The minimum absolute atomic E-state index is 0.0314. The number of carbonyl (C=O) groups is 4. The SMILES string of the molecule is COc1cc(C#N)cc(NC(=O)O[C@@H]2C[C@H]3C(=O)N[C@]4(C(=O)NS(=O)(=O)C5CC5)C[C@H]4C=CCCCCN(C)C(=O)[C@@H]3C2)c1. The second-order valence-electron chi connectivity index (χ2n) is 12.0. The lowest BCUT2D eigenvalue weighted by molar-refractivity contribution is -0.140. The molecule has 3 saturated carbocycles. The number of allylic oxidation sites excluding steroid dienone is 1. The van der Waals surface area contributed by atoms with E-state index in [-0.39, 0.29) is 42.3 Å². The third-order valence-corrected chi connectivity index (χ3v) is 10.6. The van der Waals surface area contributed by atoms with E-state index in [9.17, 15) is 32.9 Å². The van der Waals surface area contributed by atoms with Gasteiger partial charge < -0.3 is 19.7 Å². The molecule has 14 heteroatoms. The lowest BCUT2D eigenvalue weighted by atomic mass is 9.93. The van der Waals surface area contributed by atoms with Crippen LogP contribution in [0.3, 0.4) is 0 Å². The van der Waals surface area contributed by atoms with Crippen molar-refractivity contribution in [1.82, 2.24) is 14.9 Å². The molecular formula is C30H37N5O8S. The topological polar surface area (TPSA) is 184 Å². The fourth-order valence-corrected chi connectivity index (χ4v) is 7.41. The van der Waals surface area contributed by atoms with Gasteiger partial charge in [0.05, 0.1) is 35.8 Å². The molecule has 0 spiro atoms. The molecule has 3 N–H and O–H groups in total. The minimum atomic E-state index is -3.84. The summed E-state index contributed by atoms with van der Waals surface area (Å²) in [5.74, 6) is -3.36. The number of nitrogens with zero attached hydrogens (tertiary/aromatic N) is 2. The number of hydrogen-bond acceptors (Lipinski definition) is 9. The fourth-order valence-electron chi connectivity index (χ4n) is 6.04. The molecule has 13 nitrogen and oxygen atoms in total. The van der Waals surface area contributed by atoms with Gasteiger partial charge in [0.1, 0.15) is 17.4 Å². The van der Waals surface area contributed by atoms with Crippen molar-refractivity contribution in [3.63, 3.8) is 0 Å². The van der Waals surface area contributed by atoms with Crippen molar-refractivity contribution in [3.05, 3.63) is 35.9 Å². The molecule has 3 aliphatic carbocycles. The monoisotopic (exact) mass is 627 g/mol. The van der Waals surface area contributed by atoms with Crippen LogP contribution in [0.5, 0.6) is 5.75 Å². The minimum Gasteiger partial charge on any atom is -0.497 e. The van der Waals surface area contributed by atoms with Gasteiger partial charge in [0.25, 0.3) is 5.91 Å². The molecular weight excluding hydrogens is 590 g/mol. The van der Waals surface area contributed by atoms with E-state index in [1.54, 1.807) is 11.9 Å². The third kappa shape index (κ3) is 6.83. The second-order valence-corrected chi connectivity index (χ2v) is 14.0. The van der Waals surface area contributed by atoms with Crippen LogP contribution in [0, 0.1) is 29.1 Å². The number of ether oxygens (including phenoxy) is 2. The number of nitrogens with one attached hydrogen (secondary N) is 3. The summed E-state index contributed by atoms with van der Waals surface area (Å²) in [6.07, 6.45) is 5.74. The van der Waals surface area contributed by atoms with Crippen LogP contribution in [0.4, 0.5) is 10.5 Å². The van der Waals surface area contributed by atoms with Crippen molar-refractivity contribution in [1.29, 1.82) is 5.26 Å². The number of sulfonamides is 1. The Labute approximate surface area is 256 Å². The van der Waals surface area contributed by atoms with Gasteiger partial charge in [-0.2, -0.15) is 5.26 Å². The van der Waals surface area contributed by atoms with Gasteiger partial charge in [0.15, 0.2) is 0 Å². The molecule has 0 unspecified atom stereocenters. The first-order chi connectivity index (χ1) is 21.0. The zero-order chi connectivity index (χ0) is 31.6. The van der Waals surface area contributed by atoms with E-state index >= 15 is 0 Å². The zero-order valence-electron chi connectivity index (χ0n) is 24.7. The van der Waals surface area contributed by atoms with Crippen molar-refractivity contribution in [2.45, 2.75) is 68.3 Å². The van der Waals surface area contributed by atoms with E-state index in [2.05, 4.69) is 15.4 Å². The molecule has 4 aliphatic rings. The summed E-state index contributed by atoms with van der Waals surface area (Å²) in [6, 6.07) is 6.48. The van der Waals surface area contributed by atoms with Gasteiger partial charge in [-0.25, -0.2) is 13.2 Å². The summed E-state index contributed by atoms with van der Waals surface area (Å²) in [5, 5.41) is 14.0. The van der Waals surface area contributed by atoms with Crippen molar-refractivity contribution < 1.29 is 37.1 Å². The van der Waals surface area contributed by atoms with Gasteiger partial charge in [0, 0.05) is 31.3 Å². The Morgan fingerprint density at radius 3 is 2.59 bits per heavy atom. The maximum atomic E-state index is 13.8. The lowest BCUT2D eigenvalue weighted by Gasteiger charge is -2.26. The number of amides is 4. The number of carbonyl (C=O) groups excluding carboxylic acids is 4. The van der Waals surface area contributed by atoms with Gasteiger partial charge in [-0.1, -0.05) is 12.2 Å². The van der Waals surface area contributed by atoms with Crippen LogP contribution in [-0.4, -0.2) is 74.7 Å². The molecule has 0 bridgehead atoms. The standard InChI is InChI=1S/C30H37N5O8S/c1-35-10-6-4-3-5-7-19-16-30(19,28(38)34-44(40,41)23-8-9-23)33-26(36)24-14-22(15-25(24)27(35)37)43-29(39)32-20-11-18(17-31)12-21(13-20)42-2/h5,7,11-13,19,22-25H,3-4,6,8-10,14-16H2,1-2H3,(H,32,39)(H,33,36)(H,34,38)/t19-,22-,24-,25-,30-/m1/s1. The van der Waals surface area contributed by atoms with E-state index in [1.807, 2.05) is 18.2 Å². The van der Waals surface area contributed by atoms with E-state index in [0.717, 1.165) is 12.8 Å². The Morgan fingerprint density at radius 1 is 1.14 bits per heavy atom. The summed E-state index contributed by atoms with van der Waals surface area (Å²) < 4.78 is 38.1. The number of hydrogen-bond donors (Lipinski definition) is 3. The Kier molecular flexibility index (Phi) is 8.88. The summed E-state index contributed by atoms with van der Waals surface area (Å²) in [4.78, 5) is 55.1. The first-order valence-electron chi connectivity index (χ1n) is 14.8. The smallest absolute Gasteiger partial charge is 0.411 e. The molecule has 4 amide bonds. The summed E-state index contributed by atoms with van der Waals surface area (Å²) in [7, 11) is -0.740. The molecule has 5 atom stereocenters. The molecule has 236 valence electrons. The summed E-state index contributed by atoms with van der Waals surface area (Å²) in [5.41, 5.74) is -0.899. The number of anilines is 1. The summed E-state index contributed by atoms with van der Waals surface area (Å²) >= 11 is 0. The average molecular weight is 628 g/mol. The van der Waals surface area contributed by atoms with Crippen molar-refractivity contribution in [2.75, 3.05) is 26.0 Å². The van der Waals surface area contributed by atoms with Crippen LogP contribution in [0.25, 0.3) is 0 Å². The highest BCUT2D eigenvalue weighted by atomic mass is 32.2. The quantitative estimate of drug-likeness (QED) is 0.398. The Balaban J connectivity index is 1.34. The predicted molar refractivity (Wildman–Crippen MR) is 158 cm³/mol. The van der Waals surface area contributed by atoms with Crippen LogP contribution in [0.15, 0.2) is 30.4 Å².